The summed E-state index contributed by atoms with van der Waals surface area (Å²) >= 11 is 0. The highest BCUT2D eigenvalue weighted by molar-refractivity contribution is 5.01. The summed E-state index contributed by atoms with van der Waals surface area (Å²) < 4.78 is 6.24. The molecule has 0 bridgehead atoms. The molecular weight excluding hydrogens is 294 g/mol. The van der Waals surface area contributed by atoms with Crippen molar-refractivity contribution < 1.29 is 4.74 Å². The van der Waals surface area contributed by atoms with Crippen molar-refractivity contribution in [2.24, 2.45) is 22.7 Å². The summed E-state index contributed by atoms with van der Waals surface area (Å²) in [4.78, 5) is 2.79. The molecule has 1 aliphatic heterocycles. The molecule has 1 unspecified atom stereocenters. The van der Waals surface area contributed by atoms with E-state index in [1.165, 1.54) is 70.9 Å². The van der Waals surface area contributed by atoms with Crippen LogP contribution in [0.4, 0.5) is 0 Å². The van der Waals surface area contributed by atoms with Gasteiger partial charge in [-0.3, -0.25) is 0 Å². The lowest BCUT2D eigenvalue weighted by Crippen LogP contribution is -2.42. The third-order valence-electron chi connectivity index (χ3n) is 7.66. The fourth-order valence-corrected chi connectivity index (χ4v) is 5.16. The second kappa shape index (κ2) is 7.66. The van der Waals surface area contributed by atoms with Gasteiger partial charge in [-0.25, -0.2) is 0 Å². The van der Waals surface area contributed by atoms with E-state index in [0.29, 0.717) is 10.8 Å². The standard InChI is InChI=1S/C22H41NO/c1-18(16-24-17-22(12-13-22)21(2,3)4)19-8-10-20(11-9-19)23-14-6-5-7-15-23/h18-20H,5-17H2,1-4H3. The van der Waals surface area contributed by atoms with Crippen LogP contribution in [0.25, 0.3) is 0 Å². The molecule has 1 atom stereocenters. The number of hydrogen-bond acceptors (Lipinski definition) is 2. The quantitative estimate of drug-likeness (QED) is 0.634. The second-order valence-corrected chi connectivity index (χ2v) is 10.2. The first-order valence-corrected chi connectivity index (χ1v) is 10.7. The SMILES string of the molecule is CC(COCC1(C(C)(C)C)CC1)C1CCC(N2CCCCC2)CC1. The maximum absolute atomic E-state index is 6.24. The minimum atomic E-state index is 0.405. The third kappa shape index (κ3) is 4.36. The molecule has 2 heteroatoms. The van der Waals surface area contributed by atoms with Crippen LogP contribution < -0.4 is 0 Å². The molecule has 1 saturated heterocycles. The van der Waals surface area contributed by atoms with Crippen molar-refractivity contribution in [2.75, 3.05) is 26.3 Å². The van der Waals surface area contributed by atoms with Crippen molar-refractivity contribution in [2.45, 2.75) is 91.5 Å². The number of piperidine rings is 1. The smallest absolute Gasteiger partial charge is 0.0527 e. The van der Waals surface area contributed by atoms with Gasteiger partial charge in [0.1, 0.15) is 0 Å². The van der Waals surface area contributed by atoms with E-state index in [1.807, 2.05) is 0 Å². The third-order valence-corrected chi connectivity index (χ3v) is 7.66. The highest BCUT2D eigenvalue weighted by Gasteiger charge is 2.51. The van der Waals surface area contributed by atoms with Gasteiger partial charge in [-0.2, -0.15) is 0 Å². The van der Waals surface area contributed by atoms with E-state index in [4.69, 9.17) is 4.74 Å². The number of nitrogens with zero attached hydrogens (tertiary/aromatic N) is 1. The molecule has 24 heavy (non-hydrogen) atoms. The first kappa shape index (κ1) is 18.7. The van der Waals surface area contributed by atoms with Gasteiger partial charge in [0.25, 0.3) is 0 Å². The fraction of sp³-hybridized carbons (Fsp3) is 1.00. The largest absolute Gasteiger partial charge is 0.381 e. The normalized spacial score (nSPS) is 32.5. The van der Waals surface area contributed by atoms with Gasteiger partial charge in [-0.05, 0) is 87.1 Å². The van der Waals surface area contributed by atoms with Crippen LogP contribution in [0.5, 0.6) is 0 Å². The minimum absolute atomic E-state index is 0.405. The molecule has 1 heterocycles. The molecule has 0 aromatic rings. The lowest BCUT2D eigenvalue weighted by molar-refractivity contribution is 0.00759. The Labute approximate surface area is 150 Å². The van der Waals surface area contributed by atoms with Crippen LogP contribution in [0.3, 0.4) is 0 Å². The predicted molar refractivity (Wildman–Crippen MR) is 102 cm³/mol. The maximum Gasteiger partial charge on any atom is 0.0527 e. The lowest BCUT2D eigenvalue weighted by Gasteiger charge is -2.40. The molecule has 2 aliphatic carbocycles. The van der Waals surface area contributed by atoms with E-state index in [-0.39, 0.29) is 0 Å². The van der Waals surface area contributed by atoms with Crippen LogP contribution >= 0.6 is 0 Å². The first-order valence-electron chi connectivity index (χ1n) is 10.7. The van der Waals surface area contributed by atoms with Gasteiger partial charge in [0, 0.05) is 12.6 Å². The van der Waals surface area contributed by atoms with Gasteiger partial charge < -0.3 is 9.64 Å². The second-order valence-electron chi connectivity index (χ2n) is 10.2. The van der Waals surface area contributed by atoms with Crippen LogP contribution in [0.15, 0.2) is 0 Å². The summed E-state index contributed by atoms with van der Waals surface area (Å²) in [5.41, 5.74) is 0.890. The molecule has 3 rings (SSSR count). The Balaban J connectivity index is 1.35. The van der Waals surface area contributed by atoms with Crippen molar-refractivity contribution in [3.05, 3.63) is 0 Å². The van der Waals surface area contributed by atoms with E-state index >= 15 is 0 Å². The summed E-state index contributed by atoms with van der Waals surface area (Å²) in [5, 5.41) is 0. The van der Waals surface area contributed by atoms with Crippen LogP contribution in [-0.2, 0) is 4.74 Å². The minimum Gasteiger partial charge on any atom is -0.381 e. The summed E-state index contributed by atoms with van der Waals surface area (Å²) in [6.45, 7) is 14.3. The zero-order valence-electron chi connectivity index (χ0n) is 16.8. The molecule has 0 radical (unpaired) electrons. The molecule has 0 aromatic carbocycles. The summed E-state index contributed by atoms with van der Waals surface area (Å²) in [5.74, 6) is 1.64. The molecule has 2 saturated carbocycles. The Kier molecular flexibility index (Phi) is 5.97. The van der Waals surface area contributed by atoms with Crippen molar-refractivity contribution in [3.63, 3.8) is 0 Å². The van der Waals surface area contributed by atoms with Crippen LogP contribution in [0, 0.1) is 22.7 Å². The molecule has 140 valence electrons. The van der Waals surface area contributed by atoms with Gasteiger partial charge in [0.15, 0.2) is 0 Å². The number of likely N-dealkylation sites (tertiary alicyclic amines) is 1. The number of ether oxygens (including phenoxy) is 1. The Morgan fingerprint density at radius 3 is 2.17 bits per heavy atom. The van der Waals surface area contributed by atoms with E-state index < -0.39 is 0 Å². The highest BCUT2D eigenvalue weighted by atomic mass is 16.5. The average molecular weight is 336 g/mol. The fourth-order valence-electron chi connectivity index (χ4n) is 5.16. The zero-order valence-corrected chi connectivity index (χ0v) is 16.8. The lowest BCUT2D eigenvalue weighted by atomic mass is 9.77. The number of rotatable bonds is 6. The van der Waals surface area contributed by atoms with Gasteiger partial charge in [-0.1, -0.05) is 34.1 Å². The Bertz CT molecular complexity index is 381. The monoisotopic (exact) mass is 335 g/mol. The first-order chi connectivity index (χ1) is 11.4. The van der Waals surface area contributed by atoms with Crippen molar-refractivity contribution >= 4 is 0 Å². The Hall–Kier alpha value is -0.0800. The predicted octanol–water partition coefficient (Wildman–Crippen LogP) is 5.51. The molecule has 3 aliphatic rings. The highest BCUT2D eigenvalue weighted by Crippen LogP contribution is 2.58. The summed E-state index contributed by atoms with van der Waals surface area (Å²) in [6.07, 6.45) is 12.8. The molecule has 0 amide bonds. The van der Waals surface area contributed by atoms with Gasteiger partial charge in [0.2, 0.25) is 0 Å². The van der Waals surface area contributed by atoms with Crippen molar-refractivity contribution in [1.82, 2.24) is 4.90 Å². The van der Waals surface area contributed by atoms with E-state index in [2.05, 4.69) is 32.6 Å². The van der Waals surface area contributed by atoms with Gasteiger partial charge >= 0.3 is 0 Å². The van der Waals surface area contributed by atoms with Crippen LogP contribution in [0.2, 0.25) is 0 Å². The van der Waals surface area contributed by atoms with E-state index in [0.717, 1.165) is 31.1 Å². The topological polar surface area (TPSA) is 12.5 Å². The molecule has 2 nitrogen and oxygen atoms in total. The molecule has 0 aromatic heterocycles. The Morgan fingerprint density at radius 2 is 1.62 bits per heavy atom. The zero-order chi connectivity index (χ0) is 17.2. The average Bonchev–Trinajstić information content (AvgIpc) is 3.37. The van der Waals surface area contributed by atoms with Crippen molar-refractivity contribution in [3.8, 4) is 0 Å². The molecule has 0 N–H and O–H groups in total. The van der Waals surface area contributed by atoms with Crippen LogP contribution in [-0.4, -0.2) is 37.2 Å². The van der Waals surface area contributed by atoms with E-state index in [9.17, 15) is 0 Å². The molecule has 3 fully saturated rings. The van der Waals surface area contributed by atoms with Crippen LogP contribution in [0.1, 0.15) is 85.5 Å². The van der Waals surface area contributed by atoms with Crippen molar-refractivity contribution in [1.29, 1.82) is 0 Å². The molecular formula is C22H41NO. The molecule has 0 spiro atoms. The Morgan fingerprint density at radius 1 is 1.00 bits per heavy atom. The van der Waals surface area contributed by atoms with Gasteiger partial charge in [0.05, 0.1) is 6.61 Å². The summed E-state index contributed by atoms with van der Waals surface area (Å²) in [6, 6.07) is 0.894. The summed E-state index contributed by atoms with van der Waals surface area (Å²) in [7, 11) is 0. The maximum atomic E-state index is 6.24. The van der Waals surface area contributed by atoms with Gasteiger partial charge in [-0.15, -0.1) is 0 Å². The van der Waals surface area contributed by atoms with E-state index in [1.54, 1.807) is 0 Å². The number of hydrogen-bond donors (Lipinski definition) is 0.